The van der Waals surface area contributed by atoms with Gasteiger partial charge in [-0.15, -0.1) is 0 Å². The molecule has 1 unspecified atom stereocenters. The number of carbonyl (C=O) groups is 1. The molecule has 20 heavy (non-hydrogen) atoms. The van der Waals surface area contributed by atoms with Crippen molar-refractivity contribution in [3.05, 3.63) is 35.1 Å². The van der Waals surface area contributed by atoms with Gasteiger partial charge in [-0.05, 0) is 24.6 Å². The van der Waals surface area contributed by atoms with Gasteiger partial charge < -0.3 is 5.11 Å². The molecule has 5 nitrogen and oxygen atoms in total. The van der Waals surface area contributed by atoms with Crippen LogP contribution in [0.25, 0.3) is 0 Å². The molecule has 0 aromatic heterocycles. The van der Waals surface area contributed by atoms with Gasteiger partial charge in [0, 0.05) is 19.1 Å². The Hall–Kier alpha value is -1.47. The molecule has 0 amide bonds. The molecule has 1 saturated heterocycles. The molecule has 1 heterocycles. The second kappa shape index (κ2) is 5.49. The van der Waals surface area contributed by atoms with E-state index in [4.69, 9.17) is 5.11 Å². The summed E-state index contributed by atoms with van der Waals surface area (Å²) in [6.45, 7) is 2.64. The maximum absolute atomic E-state index is 13.6. The zero-order valence-corrected chi connectivity index (χ0v) is 11.9. The van der Waals surface area contributed by atoms with E-state index in [-0.39, 0.29) is 23.1 Å². The zero-order valence-electron chi connectivity index (χ0n) is 11.0. The van der Waals surface area contributed by atoms with Crippen molar-refractivity contribution in [3.63, 3.8) is 0 Å². The first-order chi connectivity index (χ1) is 9.28. The Morgan fingerprint density at radius 3 is 2.75 bits per heavy atom. The summed E-state index contributed by atoms with van der Waals surface area (Å²) < 4.78 is 36.5. The van der Waals surface area contributed by atoms with Crippen LogP contribution in [0.4, 0.5) is 4.39 Å². The fourth-order valence-electron chi connectivity index (χ4n) is 2.33. The lowest BCUT2D eigenvalue weighted by Crippen LogP contribution is -2.46. The first-order valence-electron chi connectivity index (χ1n) is 6.25. The molecule has 0 radical (unpaired) electrons. The quantitative estimate of drug-likeness (QED) is 0.906. The van der Waals surface area contributed by atoms with Crippen molar-refractivity contribution >= 4 is 15.8 Å². The van der Waals surface area contributed by atoms with Crippen molar-refractivity contribution in [3.8, 4) is 0 Å². The van der Waals surface area contributed by atoms with Crippen LogP contribution < -0.4 is 0 Å². The summed E-state index contributed by atoms with van der Waals surface area (Å²) >= 11 is 0. The third-order valence-corrected chi connectivity index (χ3v) is 5.25. The molecule has 0 spiro atoms. The number of nitrogens with zero attached hydrogens (tertiary/aromatic N) is 1. The smallest absolute Gasteiger partial charge is 0.338 e. The molecule has 0 bridgehead atoms. The van der Waals surface area contributed by atoms with Crippen LogP contribution in [0.3, 0.4) is 0 Å². The molecule has 1 aliphatic rings. The van der Waals surface area contributed by atoms with E-state index in [1.165, 1.54) is 12.1 Å². The Labute approximate surface area is 116 Å². The highest BCUT2D eigenvalue weighted by Gasteiger charge is 2.28. The molecule has 1 atom stereocenters. The summed E-state index contributed by atoms with van der Waals surface area (Å²) in [6.07, 6.45) is 0. The third kappa shape index (κ3) is 3.34. The van der Waals surface area contributed by atoms with E-state index in [0.717, 1.165) is 0 Å². The average Bonchev–Trinajstić information content (AvgIpc) is 2.32. The van der Waals surface area contributed by atoms with Gasteiger partial charge >= 0.3 is 5.97 Å². The van der Waals surface area contributed by atoms with E-state index in [2.05, 4.69) is 0 Å². The van der Waals surface area contributed by atoms with Crippen LogP contribution >= 0.6 is 0 Å². The van der Waals surface area contributed by atoms with E-state index in [0.29, 0.717) is 18.7 Å². The highest BCUT2D eigenvalue weighted by molar-refractivity contribution is 7.91. The van der Waals surface area contributed by atoms with E-state index in [1.807, 2.05) is 11.8 Å². The monoisotopic (exact) mass is 301 g/mol. The average molecular weight is 301 g/mol. The van der Waals surface area contributed by atoms with Crippen LogP contribution in [-0.4, -0.2) is 48.5 Å². The molecule has 1 aliphatic heterocycles. The largest absolute Gasteiger partial charge is 0.478 e. The fourth-order valence-corrected chi connectivity index (χ4v) is 3.96. The Kier molecular flexibility index (Phi) is 4.10. The molecule has 1 aromatic rings. The molecule has 1 N–H and O–H groups in total. The van der Waals surface area contributed by atoms with Crippen LogP contribution in [0.1, 0.15) is 22.8 Å². The Balaban J connectivity index is 2.11. The number of rotatable bonds is 3. The number of aromatic carboxylic acids is 1. The molecule has 1 aromatic carbocycles. The summed E-state index contributed by atoms with van der Waals surface area (Å²) in [4.78, 5) is 12.7. The molecular formula is C13H16FNO4S. The van der Waals surface area contributed by atoms with Crippen molar-refractivity contribution in [1.82, 2.24) is 4.90 Å². The molecule has 110 valence electrons. The summed E-state index contributed by atoms with van der Waals surface area (Å²) in [5.74, 6) is -1.87. The topological polar surface area (TPSA) is 74.7 Å². The predicted molar refractivity (Wildman–Crippen MR) is 71.9 cm³/mol. The van der Waals surface area contributed by atoms with E-state index >= 15 is 0 Å². The molecule has 7 heteroatoms. The van der Waals surface area contributed by atoms with Crippen LogP contribution in [0.15, 0.2) is 18.2 Å². The van der Waals surface area contributed by atoms with Crippen LogP contribution in [0, 0.1) is 5.82 Å². The number of hydrogen-bond acceptors (Lipinski definition) is 4. The lowest BCUT2D eigenvalue weighted by Gasteiger charge is -2.33. The zero-order chi connectivity index (χ0) is 14.9. The molecule has 2 rings (SSSR count). The van der Waals surface area contributed by atoms with Gasteiger partial charge in [0.05, 0.1) is 17.1 Å². The van der Waals surface area contributed by atoms with Gasteiger partial charge in [0.25, 0.3) is 0 Å². The van der Waals surface area contributed by atoms with Crippen molar-refractivity contribution in [2.75, 3.05) is 18.1 Å². The summed E-state index contributed by atoms with van der Waals surface area (Å²) in [5, 5.41) is 8.76. The lowest BCUT2D eigenvalue weighted by atomic mass is 10.1. The Morgan fingerprint density at radius 1 is 1.50 bits per heavy atom. The normalized spacial score (nSPS) is 22.6. The van der Waals surface area contributed by atoms with Crippen molar-refractivity contribution in [1.29, 1.82) is 0 Å². The maximum atomic E-state index is 13.6. The second-order valence-electron chi connectivity index (χ2n) is 5.05. The van der Waals surface area contributed by atoms with Gasteiger partial charge in [0.2, 0.25) is 0 Å². The predicted octanol–water partition coefficient (Wildman–Crippen LogP) is 1.14. The Bertz CT molecular complexity index is 629. The third-order valence-electron chi connectivity index (χ3n) is 3.46. The molecule has 0 aliphatic carbocycles. The molecule has 1 fully saturated rings. The summed E-state index contributed by atoms with van der Waals surface area (Å²) in [5.41, 5.74) is 0.279. The van der Waals surface area contributed by atoms with Gasteiger partial charge in [-0.3, -0.25) is 4.90 Å². The van der Waals surface area contributed by atoms with Crippen molar-refractivity contribution in [2.45, 2.75) is 19.5 Å². The maximum Gasteiger partial charge on any atom is 0.338 e. The number of benzene rings is 1. The lowest BCUT2D eigenvalue weighted by molar-refractivity contribution is 0.0691. The Morgan fingerprint density at radius 2 is 2.20 bits per heavy atom. The van der Waals surface area contributed by atoms with E-state index in [9.17, 15) is 17.6 Å². The molecule has 0 saturated carbocycles. The van der Waals surface area contributed by atoms with Gasteiger partial charge in [0.1, 0.15) is 5.82 Å². The standard InChI is InChI=1S/C13H16FNO4S/c1-9-8-20(18,19)5-4-15(9)7-10-2-3-11(13(16)17)12(14)6-10/h2-3,6,9H,4-5,7-8H2,1H3,(H,16,17). The van der Waals surface area contributed by atoms with Gasteiger partial charge in [-0.25, -0.2) is 17.6 Å². The summed E-state index contributed by atoms with van der Waals surface area (Å²) in [7, 11) is -2.98. The van der Waals surface area contributed by atoms with Gasteiger partial charge in [0.15, 0.2) is 9.84 Å². The van der Waals surface area contributed by atoms with Gasteiger partial charge in [-0.2, -0.15) is 0 Å². The number of carboxylic acid groups (broad SMARTS) is 1. The number of sulfone groups is 1. The minimum absolute atomic E-state index is 0.0999. The van der Waals surface area contributed by atoms with Crippen molar-refractivity contribution < 1.29 is 22.7 Å². The SMILES string of the molecule is CC1CS(=O)(=O)CCN1Cc1ccc(C(=O)O)c(F)c1. The van der Waals surface area contributed by atoms with Crippen LogP contribution in [-0.2, 0) is 16.4 Å². The first kappa shape index (κ1) is 14.9. The van der Waals surface area contributed by atoms with Crippen LogP contribution in [0.2, 0.25) is 0 Å². The first-order valence-corrected chi connectivity index (χ1v) is 8.07. The van der Waals surface area contributed by atoms with E-state index in [1.54, 1.807) is 6.07 Å². The highest BCUT2D eigenvalue weighted by Crippen LogP contribution is 2.17. The molecular weight excluding hydrogens is 285 g/mol. The number of hydrogen-bond donors (Lipinski definition) is 1. The van der Waals surface area contributed by atoms with Gasteiger partial charge in [-0.1, -0.05) is 6.07 Å². The highest BCUT2D eigenvalue weighted by atomic mass is 32.2. The minimum Gasteiger partial charge on any atom is -0.478 e. The fraction of sp³-hybridized carbons (Fsp3) is 0.462. The van der Waals surface area contributed by atoms with Crippen LogP contribution in [0.5, 0.6) is 0 Å². The number of halogens is 1. The van der Waals surface area contributed by atoms with Crippen molar-refractivity contribution in [2.24, 2.45) is 0 Å². The van der Waals surface area contributed by atoms with E-state index < -0.39 is 21.6 Å². The summed E-state index contributed by atoms with van der Waals surface area (Å²) in [6, 6.07) is 3.86. The number of carboxylic acids is 1. The second-order valence-corrected chi connectivity index (χ2v) is 7.28. The minimum atomic E-state index is -2.98.